The van der Waals surface area contributed by atoms with Crippen molar-refractivity contribution in [3.05, 3.63) is 34.3 Å². The summed E-state index contributed by atoms with van der Waals surface area (Å²) < 4.78 is 1.01. The second-order valence-electron chi connectivity index (χ2n) is 6.50. The van der Waals surface area contributed by atoms with Crippen LogP contribution in [0.4, 0.5) is 4.79 Å². The molecule has 1 aliphatic rings. The minimum absolute atomic E-state index is 0.0182. The lowest BCUT2D eigenvalue weighted by atomic mass is 9.95. The minimum Gasteiger partial charge on any atom is -0.349 e. The number of piperidine rings is 1. The van der Waals surface area contributed by atoms with E-state index in [2.05, 4.69) is 21.2 Å². The zero-order valence-corrected chi connectivity index (χ0v) is 16.9. The van der Waals surface area contributed by atoms with Gasteiger partial charge in [0, 0.05) is 36.6 Å². The van der Waals surface area contributed by atoms with Crippen molar-refractivity contribution in [1.29, 1.82) is 0 Å². The second kappa shape index (κ2) is 9.22. The number of benzene rings is 1. The molecule has 0 aliphatic carbocycles. The van der Waals surface area contributed by atoms with E-state index in [0.29, 0.717) is 13.1 Å². The summed E-state index contributed by atoms with van der Waals surface area (Å²) in [5, 5.41) is 3.11. The van der Waals surface area contributed by atoms with Crippen LogP contribution >= 0.6 is 15.9 Å². The molecule has 2 rings (SSSR count). The number of likely N-dealkylation sites (tertiary alicyclic amines) is 1. The Kier molecular flexibility index (Phi) is 7.29. The molecule has 1 aliphatic heterocycles. The molecule has 5 nitrogen and oxygen atoms in total. The van der Waals surface area contributed by atoms with E-state index in [1.54, 1.807) is 0 Å². The van der Waals surface area contributed by atoms with Crippen molar-refractivity contribution in [3.8, 4) is 0 Å². The lowest BCUT2D eigenvalue weighted by molar-refractivity contribution is -0.127. The SMILES string of the molecule is CCN(CC)C(=O)N1CCC(C(=O)NC(C)c2cccc(Br)c2)CC1. The van der Waals surface area contributed by atoms with E-state index in [0.717, 1.165) is 36.0 Å². The van der Waals surface area contributed by atoms with Gasteiger partial charge in [0.2, 0.25) is 5.91 Å². The van der Waals surface area contributed by atoms with Crippen molar-refractivity contribution >= 4 is 27.9 Å². The highest BCUT2D eigenvalue weighted by Crippen LogP contribution is 2.22. The number of hydrogen-bond acceptors (Lipinski definition) is 2. The number of halogens is 1. The first-order valence-corrected chi connectivity index (χ1v) is 9.85. The standard InChI is InChI=1S/C19H28BrN3O2/c1-4-22(5-2)19(25)23-11-9-15(10-12-23)18(24)21-14(3)16-7-6-8-17(20)13-16/h6-8,13-15H,4-5,9-12H2,1-3H3,(H,21,24). The van der Waals surface area contributed by atoms with Gasteiger partial charge in [0.25, 0.3) is 0 Å². The fourth-order valence-corrected chi connectivity index (χ4v) is 3.63. The van der Waals surface area contributed by atoms with Gasteiger partial charge in [0.1, 0.15) is 0 Å². The van der Waals surface area contributed by atoms with Crippen LogP contribution in [0.15, 0.2) is 28.7 Å². The fourth-order valence-electron chi connectivity index (χ4n) is 3.22. The molecule has 25 heavy (non-hydrogen) atoms. The molecule has 0 radical (unpaired) electrons. The van der Waals surface area contributed by atoms with Crippen molar-refractivity contribution in [2.75, 3.05) is 26.2 Å². The Morgan fingerprint density at radius 1 is 1.28 bits per heavy atom. The number of rotatable bonds is 5. The van der Waals surface area contributed by atoms with Gasteiger partial charge in [-0.3, -0.25) is 4.79 Å². The van der Waals surface area contributed by atoms with Gasteiger partial charge in [-0.2, -0.15) is 0 Å². The summed E-state index contributed by atoms with van der Waals surface area (Å²) in [7, 11) is 0. The Morgan fingerprint density at radius 3 is 2.48 bits per heavy atom. The molecule has 0 saturated carbocycles. The maximum Gasteiger partial charge on any atom is 0.319 e. The molecular weight excluding hydrogens is 382 g/mol. The molecule has 6 heteroatoms. The van der Waals surface area contributed by atoms with Gasteiger partial charge >= 0.3 is 6.03 Å². The molecule has 0 bridgehead atoms. The molecule has 1 N–H and O–H groups in total. The van der Waals surface area contributed by atoms with Crippen molar-refractivity contribution < 1.29 is 9.59 Å². The van der Waals surface area contributed by atoms with E-state index in [1.165, 1.54) is 0 Å². The number of carbonyl (C=O) groups is 2. The molecule has 138 valence electrons. The number of hydrogen-bond donors (Lipinski definition) is 1. The van der Waals surface area contributed by atoms with Crippen molar-refractivity contribution in [1.82, 2.24) is 15.1 Å². The molecule has 1 atom stereocenters. The first kappa shape index (κ1) is 19.8. The average Bonchev–Trinajstić information content (AvgIpc) is 2.62. The topological polar surface area (TPSA) is 52.7 Å². The largest absolute Gasteiger partial charge is 0.349 e. The number of amides is 3. The zero-order chi connectivity index (χ0) is 18.4. The van der Waals surface area contributed by atoms with Crippen LogP contribution < -0.4 is 5.32 Å². The molecule has 1 unspecified atom stereocenters. The van der Waals surface area contributed by atoms with Crippen molar-refractivity contribution in [3.63, 3.8) is 0 Å². The number of nitrogens with one attached hydrogen (secondary N) is 1. The van der Waals surface area contributed by atoms with Gasteiger partial charge in [-0.1, -0.05) is 28.1 Å². The quantitative estimate of drug-likeness (QED) is 0.803. The molecule has 3 amide bonds. The monoisotopic (exact) mass is 409 g/mol. The Hall–Kier alpha value is -1.56. The van der Waals surface area contributed by atoms with Crippen LogP contribution in [0.1, 0.15) is 45.2 Å². The molecular formula is C19H28BrN3O2. The third-order valence-electron chi connectivity index (χ3n) is 4.88. The third kappa shape index (κ3) is 5.21. The van der Waals surface area contributed by atoms with Crippen molar-refractivity contribution in [2.24, 2.45) is 5.92 Å². The summed E-state index contributed by atoms with van der Waals surface area (Å²) in [5.41, 5.74) is 1.08. The van der Waals surface area contributed by atoms with E-state index in [-0.39, 0.29) is 23.9 Å². The van der Waals surface area contributed by atoms with Gasteiger partial charge in [-0.05, 0) is 51.3 Å². The van der Waals surface area contributed by atoms with Crippen LogP contribution in [0.3, 0.4) is 0 Å². The first-order chi connectivity index (χ1) is 12.0. The summed E-state index contributed by atoms with van der Waals surface area (Å²) in [6.45, 7) is 8.73. The van der Waals surface area contributed by atoms with Gasteiger partial charge in [0.15, 0.2) is 0 Å². The van der Waals surface area contributed by atoms with Crippen LogP contribution in [0.25, 0.3) is 0 Å². The van der Waals surface area contributed by atoms with Crippen LogP contribution in [0.5, 0.6) is 0 Å². The summed E-state index contributed by atoms with van der Waals surface area (Å²) >= 11 is 3.46. The van der Waals surface area contributed by atoms with Gasteiger partial charge in [0.05, 0.1) is 6.04 Å². The number of nitrogens with zero attached hydrogens (tertiary/aromatic N) is 2. The lowest BCUT2D eigenvalue weighted by Gasteiger charge is -2.35. The molecule has 1 heterocycles. The van der Waals surface area contributed by atoms with E-state index in [1.807, 2.05) is 54.8 Å². The maximum absolute atomic E-state index is 12.6. The van der Waals surface area contributed by atoms with Gasteiger partial charge in [-0.15, -0.1) is 0 Å². The Labute approximate surface area is 158 Å². The van der Waals surface area contributed by atoms with Crippen LogP contribution in [-0.2, 0) is 4.79 Å². The number of carbonyl (C=O) groups excluding carboxylic acids is 2. The summed E-state index contributed by atoms with van der Waals surface area (Å²) in [5.74, 6) is 0.0674. The molecule has 0 aromatic heterocycles. The fraction of sp³-hybridized carbons (Fsp3) is 0.579. The van der Waals surface area contributed by atoms with E-state index in [9.17, 15) is 9.59 Å². The molecule has 0 spiro atoms. The second-order valence-corrected chi connectivity index (χ2v) is 7.42. The Morgan fingerprint density at radius 2 is 1.92 bits per heavy atom. The Balaban J connectivity index is 1.86. The van der Waals surface area contributed by atoms with E-state index >= 15 is 0 Å². The average molecular weight is 410 g/mol. The van der Waals surface area contributed by atoms with E-state index < -0.39 is 0 Å². The third-order valence-corrected chi connectivity index (χ3v) is 5.37. The summed E-state index contributed by atoms with van der Waals surface area (Å²) in [4.78, 5) is 28.6. The van der Waals surface area contributed by atoms with Crippen LogP contribution in [-0.4, -0.2) is 47.9 Å². The van der Waals surface area contributed by atoms with Gasteiger partial charge in [-0.25, -0.2) is 4.79 Å². The van der Waals surface area contributed by atoms with E-state index in [4.69, 9.17) is 0 Å². The molecule has 1 aromatic rings. The predicted molar refractivity (Wildman–Crippen MR) is 103 cm³/mol. The molecule has 1 fully saturated rings. The van der Waals surface area contributed by atoms with Crippen LogP contribution in [0.2, 0.25) is 0 Å². The highest BCUT2D eigenvalue weighted by Gasteiger charge is 2.29. The van der Waals surface area contributed by atoms with Crippen LogP contribution in [0, 0.1) is 5.92 Å². The Bertz CT molecular complexity index is 596. The summed E-state index contributed by atoms with van der Waals surface area (Å²) in [6.07, 6.45) is 1.45. The maximum atomic E-state index is 12.6. The highest BCUT2D eigenvalue weighted by atomic mass is 79.9. The molecule has 1 aromatic carbocycles. The normalized spacial score (nSPS) is 16.4. The van der Waals surface area contributed by atoms with Crippen molar-refractivity contribution in [2.45, 2.75) is 39.7 Å². The highest BCUT2D eigenvalue weighted by molar-refractivity contribution is 9.10. The minimum atomic E-state index is -0.0275. The van der Waals surface area contributed by atoms with Gasteiger partial charge < -0.3 is 15.1 Å². The number of urea groups is 1. The molecule has 1 saturated heterocycles. The smallest absolute Gasteiger partial charge is 0.319 e. The summed E-state index contributed by atoms with van der Waals surface area (Å²) in [6, 6.07) is 8.05. The zero-order valence-electron chi connectivity index (χ0n) is 15.3. The lowest BCUT2D eigenvalue weighted by Crippen LogP contribution is -2.48. The first-order valence-electron chi connectivity index (χ1n) is 9.05. The predicted octanol–water partition coefficient (Wildman–Crippen LogP) is 3.80.